The zero-order valence-electron chi connectivity index (χ0n) is 11.2. The molecule has 0 bridgehead atoms. The Morgan fingerprint density at radius 3 is 2.25 bits per heavy atom. The molecule has 0 aromatic carbocycles. The molecule has 4 nitrogen and oxygen atoms in total. The molecule has 0 amide bonds. The van der Waals surface area contributed by atoms with Crippen molar-refractivity contribution in [1.29, 1.82) is 0 Å². The van der Waals surface area contributed by atoms with Gasteiger partial charge in [-0.05, 0) is 47.3 Å². The molecule has 16 heavy (non-hydrogen) atoms. The van der Waals surface area contributed by atoms with E-state index in [1.807, 2.05) is 6.92 Å². The monoisotopic (exact) mass is 250 g/mol. The molecule has 1 unspecified atom stereocenters. The van der Waals surface area contributed by atoms with Crippen LogP contribution in [0.5, 0.6) is 0 Å². The number of hydrogen-bond donors (Lipinski definition) is 1. The van der Waals surface area contributed by atoms with Gasteiger partial charge in [-0.2, -0.15) is 0 Å². The largest absolute Gasteiger partial charge is 0.313 e. The van der Waals surface area contributed by atoms with E-state index < -0.39 is 9.84 Å². The summed E-state index contributed by atoms with van der Waals surface area (Å²) >= 11 is 0. The second kappa shape index (κ2) is 7.25. The van der Waals surface area contributed by atoms with Gasteiger partial charge < -0.3 is 10.2 Å². The molecule has 1 N–H and O–H groups in total. The van der Waals surface area contributed by atoms with Gasteiger partial charge in [0, 0.05) is 18.3 Å². The molecule has 98 valence electrons. The van der Waals surface area contributed by atoms with Crippen molar-refractivity contribution in [2.45, 2.75) is 39.3 Å². The normalized spacial score (nSPS) is 14.7. The maximum absolute atomic E-state index is 11.0. The van der Waals surface area contributed by atoms with E-state index >= 15 is 0 Å². The lowest BCUT2D eigenvalue weighted by Crippen LogP contribution is -2.35. The molecule has 0 aliphatic carbocycles. The van der Waals surface area contributed by atoms with E-state index in [-0.39, 0.29) is 11.8 Å². The molecule has 0 saturated carbocycles. The molecule has 0 aromatic rings. The molecule has 0 rings (SSSR count). The highest BCUT2D eigenvalue weighted by molar-refractivity contribution is 7.90. The van der Waals surface area contributed by atoms with Crippen LogP contribution in [0.15, 0.2) is 0 Å². The first-order valence-electron chi connectivity index (χ1n) is 5.83. The average Bonchev–Trinajstić information content (AvgIpc) is 2.08. The summed E-state index contributed by atoms with van der Waals surface area (Å²) < 4.78 is 22.0. The number of rotatable bonds is 8. The van der Waals surface area contributed by atoms with Crippen molar-refractivity contribution in [1.82, 2.24) is 10.2 Å². The van der Waals surface area contributed by atoms with E-state index in [1.54, 1.807) is 0 Å². The van der Waals surface area contributed by atoms with Gasteiger partial charge in [0.25, 0.3) is 0 Å². The number of nitrogens with zero attached hydrogens (tertiary/aromatic N) is 1. The van der Waals surface area contributed by atoms with Gasteiger partial charge in [0.1, 0.15) is 9.84 Å². The first-order chi connectivity index (χ1) is 7.22. The van der Waals surface area contributed by atoms with E-state index in [2.05, 4.69) is 31.1 Å². The van der Waals surface area contributed by atoms with Crippen molar-refractivity contribution < 1.29 is 8.42 Å². The molecular weight excluding hydrogens is 224 g/mol. The molecule has 0 spiro atoms. The zero-order valence-corrected chi connectivity index (χ0v) is 12.0. The summed E-state index contributed by atoms with van der Waals surface area (Å²) in [7, 11) is -0.761. The lowest BCUT2D eigenvalue weighted by Gasteiger charge is -2.21. The number of sulfone groups is 1. The lowest BCUT2D eigenvalue weighted by atomic mass is 10.3. The SMILES string of the molecule is CC(CS(C)(=O)=O)NCCCN(C)C(C)C. The second-order valence-corrected chi connectivity index (χ2v) is 7.06. The summed E-state index contributed by atoms with van der Waals surface area (Å²) in [5, 5.41) is 3.23. The Morgan fingerprint density at radius 2 is 1.81 bits per heavy atom. The highest BCUT2D eigenvalue weighted by Gasteiger charge is 2.09. The van der Waals surface area contributed by atoms with Crippen LogP contribution in [0.25, 0.3) is 0 Å². The molecule has 0 aliphatic heterocycles. The van der Waals surface area contributed by atoms with Crippen LogP contribution in [0.2, 0.25) is 0 Å². The van der Waals surface area contributed by atoms with Gasteiger partial charge in [-0.15, -0.1) is 0 Å². The van der Waals surface area contributed by atoms with E-state index in [9.17, 15) is 8.42 Å². The van der Waals surface area contributed by atoms with Crippen molar-refractivity contribution in [3.8, 4) is 0 Å². The molecule has 0 aromatic heterocycles. The summed E-state index contributed by atoms with van der Waals surface area (Å²) in [6.07, 6.45) is 2.32. The average molecular weight is 250 g/mol. The summed E-state index contributed by atoms with van der Waals surface area (Å²) in [4.78, 5) is 2.28. The van der Waals surface area contributed by atoms with Crippen molar-refractivity contribution in [2.24, 2.45) is 0 Å². The predicted octanol–water partition coefficient (Wildman–Crippen LogP) is 0.739. The van der Waals surface area contributed by atoms with E-state index in [4.69, 9.17) is 0 Å². The molecule has 0 saturated heterocycles. The minimum Gasteiger partial charge on any atom is -0.313 e. The van der Waals surface area contributed by atoms with Crippen molar-refractivity contribution in [3.05, 3.63) is 0 Å². The maximum Gasteiger partial charge on any atom is 0.148 e. The highest BCUT2D eigenvalue weighted by Crippen LogP contribution is 1.95. The minimum atomic E-state index is -2.86. The van der Waals surface area contributed by atoms with Crippen LogP contribution >= 0.6 is 0 Å². The standard InChI is InChI=1S/C11H26N2O2S/c1-10(2)13(4)8-6-7-12-11(3)9-16(5,14)15/h10-12H,6-9H2,1-5H3. The topological polar surface area (TPSA) is 49.4 Å². The predicted molar refractivity (Wildman–Crippen MR) is 69.6 cm³/mol. The Labute approximate surface area is 100 Å². The van der Waals surface area contributed by atoms with Gasteiger partial charge >= 0.3 is 0 Å². The van der Waals surface area contributed by atoms with Crippen LogP contribution in [-0.2, 0) is 9.84 Å². The van der Waals surface area contributed by atoms with Gasteiger partial charge in [0.05, 0.1) is 5.75 Å². The molecule has 1 atom stereocenters. The van der Waals surface area contributed by atoms with Crippen molar-refractivity contribution in [2.75, 3.05) is 32.1 Å². The van der Waals surface area contributed by atoms with Gasteiger partial charge in [0.15, 0.2) is 0 Å². The van der Waals surface area contributed by atoms with Gasteiger partial charge in [-0.1, -0.05) is 0 Å². The Kier molecular flexibility index (Phi) is 7.19. The highest BCUT2D eigenvalue weighted by atomic mass is 32.2. The van der Waals surface area contributed by atoms with E-state index in [1.165, 1.54) is 6.26 Å². The fourth-order valence-corrected chi connectivity index (χ4v) is 2.47. The van der Waals surface area contributed by atoms with Crippen LogP contribution in [0.4, 0.5) is 0 Å². The number of hydrogen-bond acceptors (Lipinski definition) is 4. The van der Waals surface area contributed by atoms with Gasteiger partial charge in [-0.25, -0.2) is 8.42 Å². The quantitative estimate of drug-likeness (QED) is 0.646. The fraction of sp³-hybridized carbons (Fsp3) is 1.00. The lowest BCUT2D eigenvalue weighted by molar-refractivity contribution is 0.268. The van der Waals surface area contributed by atoms with Crippen molar-refractivity contribution in [3.63, 3.8) is 0 Å². The maximum atomic E-state index is 11.0. The summed E-state index contributed by atoms with van der Waals surface area (Å²) in [5.74, 6) is 0.215. The first kappa shape index (κ1) is 15.9. The summed E-state index contributed by atoms with van der Waals surface area (Å²) in [6.45, 7) is 8.15. The minimum absolute atomic E-state index is 0.0411. The van der Waals surface area contributed by atoms with Crippen LogP contribution in [-0.4, -0.2) is 57.5 Å². The van der Waals surface area contributed by atoms with Gasteiger partial charge in [0.2, 0.25) is 0 Å². The van der Waals surface area contributed by atoms with Crippen LogP contribution < -0.4 is 5.32 Å². The number of nitrogens with one attached hydrogen (secondary N) is 1. The van der Waals surface area contributed by atoms with E-state index in [0.717, 1.165) is 19.5 Å². The Hall–Kier alpha value is -0.130. The third-order valence-corrected chi connectivity index (χ3v) is 3.72. The second-order valence-electron chi connectivity index (χ2n) is 4.88. The summed E-state index contributed by atoms with van der Waals surface area (Å²) in [6, 6.07) is 0.604. The fourth-order valence-electron chi connectivity index (χ4n) is 1.45. The molecule has 0 heterocycles. The molecule has 0 fully saturated rings. The molecule has 0 radical (unpaired) electrons. The molecule has 0 aliphatic rings. The van der Waals surface area contributed by atoms with Crippen LogP contribution in [0, 0.1) is 0 Å². The van der Waals surface area contributed by atoms with Gasteiger partial charge in [-0.3, -0.25) is 0 Å². The third-order valence-electron chi connectivity index (χ3n) is 2.61. The van der Waals surface area contributed by atoms with E-state index in [0.29, 0.717) is 6.04 Å². The third kappa shape index (κ3) is 9.12. The summed E-state index contributed by atoms with van der Waals surface area (Å²) in [5.41, 5.74) is 0. The molecular formula is C11H26N2O2S. The Morgan fingerprint density at radius 1 is 1.25 bits per heavy atom. The Balaban J connectivity index is 3.60. The van der Waals surface area contributed by atoms with Crippen LogP contribution in [0.1, 0.15) is 27.2 Å². The first-order valence-corrected chi connectivity index (χ1v) is 7.89. The Bertz CT molecular complexity index is 276. The van der Waals surface area contributed by atoms with Crippen molar-refractivity contribution >= 4 is 9.84 Å². The van der Waals surface area contributed by atoms with Crippen LogP contribution in [0.3, 0.4) is 0 Å². The smallest absolute Gasteiger partial charge is 0.148 e. The zero-order chi connectivity index (χ0) is 12.8. The molecule has 5 heteroatoms.